The molecule has 0 saturated carbocycles. The highest BCUT2D eigenvalue weighted by Gasteiger charge is 2.18. The number of piperidine rings is 1. The van der Waals surface area contributed by atoms with Crippen LogP contribution >= 0.6 is 0 Å². The zero-order valence-electron chi connectivity index (χ0n) is 10.9. The van der Waals surface area contributed by atoms with E-state index < -0.39 is 0 Å². The van der Waals surface area contributed by atoms with Crippen LogP contribution in [0.25, 0.3) is 0 Å². The Bertz CT molecular complexity index is 417. The average Bonchev–Trinajstić information content (AvgIpc) is 2.42. The summed E-state index contributed by atoms with van der Waals surface area (Å²) < 4.78 is 5.79. The molecule has 3 heteroatoms. The van der Waals surface area contributed by atoms with Crippen molar-refractivity contribution in [2.75, 3.05) is 26.2 Å². The van der Waals surface area contributed by atoms with E-state index in [2.05, 4.69) is 24.0 Å². The number of hydrogen-bond acceptors (Lipinski definition) is 3. The van der Waals surface area contributed by atoms with Crippen LogP contribution in [0, 0.1) is 24.2 Å². The fraction of sp³-hybridized carbons (Fsp3) is 0.533. The second-order valence-corrected chi connectivity index (χ2v) is 4.86. The van der Waals surface area contributed by atoms with Crippen LogP contribution in [0.5, 0.6) is 5.75 Å². The molecule has 0 radical (unpaired) electrons. The zero-order chi connectivity index (χ0) is 12.8. The molecule has 18 heavy (non-hydrogen) atoms. The summed E-state index contributed by atoms with van der Waals surface area (Å²) in [5, 5.41) is 8.84. The van der Waals surface area contributed by atoms with Gasteiger partial charge in [0.1, 0.15) is 12.4 Å². The summed E-state index contributed by atoms with van der Waals surface area (Å²) in [6, 6.07) is 10.5. The van der Waals surface area contributed by atoms with Gasteiger partial charge in [-0.15, -0.1) is 0 Å². The molecule has 1 aliphatic rings. The molecular weight excluding hydrogens is 224 g/mol. The molecule has 1 saturated heterocycles. The summed E-state index contributed by atoms with van der Waals surface area (Å²) in [5.74, 6) is 1.24. The molecule has 0 aromatic heterocycles. The molecule has 0 spiro atoms. The van der Waals surface area contributed by atoms with Gasteiger partial charge in [0, 0.05) is 12.5 Å². The van der Waals surface area contributed by atoms with Gasteiger partial charge in [-0.05, 0) is 44.5 Å². The van der Waals surface area contributed by atoms with Crippen molar-refractivity contribution in [3.05, 3.63) is 29.8 Å². The summed E-state index contributed by atoms with van der Waals surface area (Å²) in [7, 11) is 0. The Labute approximate surface area is 109 Å². The number of benzene rings is 1. The van der Waals surface area contributed by atoms with Gasteiger partial charge in [-0.25, -0.2) is 0 Å². The van der Waals surface area contributed by atoms with Crippen molar-refractivity contribution in [2.45, 2.75) is 19.8 Å². The van der Waals surface area contributed by atoms with Gasteiger partial charge < -0.3 is 4.74 Å². The van der Waals surface area contributed by atoms with Gasteiger partial charge >= 0.3 is 0 Å². The number of likely N-dealkylation sites (tertiary alicyclic amines) is 1. The zero-order valence-corrected chi connectivity index (χ0v) is 10.9. The number of ether oxygens (including phenoxy) is 1. The SMILES string of the molecule is Cc1ccccc1OCCN1CCC(C#N)CC1. The molecular formula is C15H20N2O. The fourth-order valence-corrected chi connectivity index (χ4v) is 2.29. The predicted molar refractivity (Wildman–Crippen MR) is 71.5 cm³/mol. The third kappa shape index (κ3) is 3.48. The molecule has 1 aromatic rings. The van der Waals surface area contributed by atoms with Crippen LogP contribution in [-0.2, 0) is 0 Å². The molecule has 0 unspecified atom stereocenters. The van der Waals surface area contributed by atoms with Crippen LogP contribution in [0.4, 0.5) is 0 Å². The Morgan fingerprint density at radius 1 is 1.33 bits per heavy atom. The predicted octanol–water partition coefficient (Wildman–Crippen LogP) is 2.61. The number of para-hydroxylation sites is 1. The Morgan fingerprint density at radius 3 is 2.72 bits per heavy atom. The van der Waals surface area contributed by atoms with E-state index in [1.54, 1.807) is 0 Å². The average molecular weight is 244 g/mol. The molecule has 0 atom stereocenters. The number of rotatable bonds is 4. The second-order valence-electron chi connectivity index (χ2n) is 4.86. The highest BCUT2D eigenvalue weighted by molar-refractivity contribution is 5.31. The summed E-state index contributed by atoms with van der Waals surface area (Å²) in [4.78, 5) is 2.38. The standard InChI is InChI=1S/C15H20N2O/c1-13-4-2-3-5-15(13)18-11-10-17-8-6-14(12-16)7-9-17/h2-5,14H,6-11H2,1H3. The first kappa shape index (κ1) is 12.9. The molecule has 0 N–H and O–H groups in total. The summed E-state index contributed by atoms with van der Waals surface area (Å²) in [6.45, 7) is 5.78. The Morgan fingerprint density at radius 2 is 2.06 bits per heavy atom. The lowest BCUT2D eigenvalue weighted by Gasteiger charge is -2.28. The smallest absolute Gasteiger partial charge is 0.122 e. The van der Waals surface area contributed by atoms with E-state index >= 15 is 0 Å². The lowest BCUT2D eigenvalue weighted by Crippen LogP contribution is -2.36. The molecule has 0 amide bonds. The maximum absolute atomic E-state index is 8.84. The van der Waals surface area contributed by atoms with Gasteiger partial charge in [-0.2, -0.15) is 5.26 Å². The van der Waals surface area contributed by atoms with Crippen molar-refractivity contribution in [1.82, 2.24) is 4.90 Å². The minimum Gasteiger partial charge on any atom is -0.492 e. The highest BCUT2D eigenvalue weighted by atomic mass is 16.5. The highest BCUT2D eigenvalue weighted by Crippen LogP contribution is 2.17. The summed E-state index contributed by atoms with van der Waals surface area (Å²) >= 11 is 0. The van der Waals surface area contributed by atoms with Gasteiger partial charge in [0.05, 0.1) is 6.07 Å². The Balaban J connectivity index is 1.71. The summed E-state index contributed by atoms with van der Waals surface area (Å²) in [5.41, 5.74) is 1.18. The maximum atomic E-state index is 8.84. The van der Waals surface area contributed by atoms with E-state index in [4.69, 9.17) is 10.00 Å². The Kier molecular flexibility index (Phi) is 4.60. The molecule has 0 aliphatic carbocycles. The molecule has 1 aliphatic heterocycles. The minimum absolute atomic E-state index is 0.263. The van der Waals surface area contributed by atoms with Gasteiger partial charge in [-0.1, -0.05) is 18.2 Å². The van der Waals surface area contributed by atoms with Gasteiger partial charge in [0.2, 0.25) is 0 Å². The van der Waals surface area contributed by atoms with E-state index in [9.17, 15) is 0 Å². The fourth-order valence-electron chi connectivity index (χ4n) is 2.29. The van der Waals surface area contributed by atoms with Gasteiger partial charge in [-0.3, -0.25) is 4.90 Å². The first-order chi connectivity index (χ1) is 8.79. The lowest BCUT2D eigenvalue weighted by atomic mass is 9.99. The molecule has 2 rings (SSSR count). The second kappa shape index (κ2) is 6.42. The number of nitrogens with zero attached hydrogens (tertiary/aromatic N) is 2. The first-order valence-corrected chi connectivity index (χ1v) is 6.60. The van der Waals surface area contributed by atoms with E-state index in [0.29, 0.717) is 0 Å². The third-order valence-corrected chi connectivity index (χ3v) is 3.53. The third-order valence-electron chi connectivity index (χ3n) is 3.53. The van der Waals surface area contributed by atoms with E-state index in [-0.39, 0.29) is 5.92 Å². The van der Waals surface area contributed by atoms with Crippen molar-refractivity contribution in [3.63, 3.8) is 0 Å². The van der Waals surface area contributed by atoms with Crippen LogP contribution in [-0.4, -0.2) is 31.1 Å². The van der Waals surface area contributed by atoms with Crippen molar-refractivity contribution in [1.29, 1.82) is 5.26 Å². The molecule has 1 aromatic carbocycles. The molecule has 0 bridgehead atoms. The quantitative estimate of drug-likeness (QED) is 0.817. The van der Waals surface area contributed by atoms with Crippen LogP contribution < -0.4 is 4.74 Å². The van der Waals surface area contributed by atoms with Crippen LogP contribution in [0.2, 0.25) is 0 Å². The van der Waals surface area contributed by atoms with Gasteiger partial charge in [0.15, 0.2) is 0 Å². The monoisotopic (exact) mass is 244 g/mol. The molecule has 96 valence electrons. The van der Waals surface area contributed by atoms with Crippen LogP contribution in [0.3, 0.4) is 0 Å². The minimum atomic E-state index is 0.263. The first-order valence-electron chi connectivity index (χ1n) is 6.60. The number of hydrogen-bond donors (Lipinski definition) is 0. The molecule has 3 nitrogen and oxygen atoms in total. The van der Waals surface area contributed by atoms with Crippen molar-refractivity contribution in [2.24, 2.45) is 5.92 Å². The topological polar surface area (TPSA) is 36.3 Å². The van der Waals surface area contributed by atoms with Crippen LogP contribution in [0.15, 0.2) is 24.3 Å². The Hall–Kier alpha value is -1.53. The van der Waals surface area contributed by atoms with E-state index in [1.807, 2.05) is 18.2 Å². The lowest BCUT2D eigenvalue weighted by molar-refractivity contribution is 0.168. The van der Waals surface area contributed by atoms with E-state index in [1.165, 1.54) is 5.56 Å². The van der Waals surface area contributed by atoms with Gasteiger partial charge in [0.25, 0.3) is 0 Å². The van der Waals surface area contributed by atoms with Crippen molar-refractivity contribution >= 4 is 0 Å². The molecule has 1 fully saturated rings. The normalized spacial score (nSPS) is 17.3. The van der Waals surface area contributed by atoms with Crippen molar-refractivity contribution in [3.8, 4) is 11.8 Å². The number of nitriles is 1. The van der Waals surface area contributed by atoms with E-state index in [0.717, 1.165) is 44.8 Å². The van der Waals surface area contributed by atoms with Crippen LogP contribution in [0.1, 0.15) is 18.4 Å². The number of aryl methyl sites for hydroxylation is 1. The van der Waals surface area contributed by atoms with Crippen molar-refractivity contribution < 1.29 is 4.74 Å². The maximum Gasteiger partial charge on any atom is 0.122 e. The summed E-state index contributed by atoms with van der Waals surface area (Å²) in [6.07, 6.45) is 2.00. The molecule has 1 heterocycles. The largest absolute Gasteiger partial charge is 0.492 e.